The first-order valence-corrected chi connectivity index (χ1v) is 7.49. The monoisotopic (exact) mass is 326 g/mol. The number of benzene rings is 1. The molecular formula is C17H17F3O3. The number of aryl methyl sites for hydroxylation is 1. The van der Waals surface area contributed by atoms with Crippen LogP contribution in [0.2, 0.25) is 0 Å². The van der Waals surface area contributed by atoms with Crippen LogP contribution < -0.4 is 0 Å². The molecule has 0 aliphatic carbocycles. The molecule has 6 heteroatoms. The second-order valence-corrected chi connectivity index (χ2v) is 6.00. The first-order chi connectivity index (χ1) is 10.8. The quantitative estimate of drug-likeness (QED) is 0.868. The number of alkyl halides is 3. The summed E-state index contributed by atoms with van der Waals surface area (Å²) in [5.74, 6) is 1.64. The zero-order valence-corrected chi connectivity index (χ0v) is 12.3. The van der Waals surface area contributed by atoms with Crippen molar-refractivity contribution in [3.63, 3.8) is 0 Å². The summed E-state index contributed by atoms with van der Waals surface area (Å²) in [6, 6.07) is 5.06. The van der Waals surface area contributed by atoms with Crippen molar-refractivity contribution < 1.29 is 27.8 Å². The van der Waals surface area contributed by atoms with Gasteiger partial charge in [-0.3, -0.25) is 0 Å². The van der Waals surface area contributed by atoms with Crippen molar-refractivity contribution >= 4 is 0 Å². The number of aliphatic hydroxyl groups excluding tert-OH is 1. The van der Waals surface area contributed by atoms with Gasteiger partial charge in [0.25, 0.3) is 0 Å². The lowest BCUT2D eigenvalue weighted by molar-refractivity contribution is -0.212. The van der Waals surface area contributed by atoms with Crippen LogP contribution in [0.4, 0.5) is 13.2 Å². The van der Waals surface area contributed by atoms with E-state index in [4.69, 9.17) is 15.9 Å². The van der Waals surface area contributed by atoms with E-state index < -0.39 is 35.8 Å². The highest BCUT2D eigenvalue weighted by Gasteiger charge is 2.53. The number of fused-ring (bicyclic) bond motifs is 2. The largest absolute Gasteiger partial charge is 0.416 e. The van der Waals surface area contributed by atoms with Crippen LogP contribution in [0, 0.1) is 12.3 Å². The molecule has 0 aromatic heterocycles. The van der Waals surface area contributed by atoms with Gasteiger partial charge in [-0.2, -0.15) is 13.2 Å². The highest BCUT2D eigenvalue weighted by Crippen LogP contribution is 2.42. The van der Waals surface area contributed by atoms with Gasteiger partial charge in [-0.15, -0.1) is 6.42 Å². The Morgan fingerprint density at radius 3 is 2.57 bits per heavy atom. The molecule has 0 radical (unpaired) electrons. The fourth-order valence-corrected chi connectivity index (χ4v) is 3.13. The summed E-state index contributed by atoms with van der Waals surface area (Å²) in [4.78, 5) is 0. The van der Waals surface area contributed by atoms with Gasteiger partial charge in [0.15, 0.2) is 5.79 Å². The molecule has 2 fully saturated rings. The number of hydrogen-bond donors (Lipinski definition) is 1. The summed E-state index contributed by atoms with van der Waals surface area (Å²) in [6.07, 6.45) is 1.37. The summed E-state index contributed by atoms with van der Waals surface area (Å²) in [6.45, 7) is 0. The van der Waals surface area contributed by atoms with Gasteiger partial charge in [-0.25, -0.2) is 0 Å². The van der Waals surface area contributed by atoms with Gasteiger partial charge in [0.2, 0.25) is 0 Å². The third-order valence-electron chi connectivity index (χ3n) is 4.43. The minimum atomic E-state index is -4.33. The molecule has 0 amide bonds. The van der Waals surface area contributed by atoms with E-state index in [9.17, 15) is 18.3 Å². The Morgan fingerprint density at radius 1 is 1.26 bits per heavy atom. The maximum Gasteiger partial charge on any atom is 0.416 e. The van der Waals surface area contributed by atoms with Gasteiger partial charge < -0.3 is 14.6 Å². The molecular weight excluding hydrogens is 309 g/mol. The zero-order valence-electron chi connectivity index (χ0n) is 12.3. The summed E-state index contributed by atoms with van der Waals surface area (Å²) >= 11 is 0. The predicted octanol–water partition coefficient (Wildman–Crippen LogP) is 2.91. The molecule has 2 heterocycles. The number of hydrogen-bond acceptors (Lipinski definition) is 3. The van der Waals surface area contributed by atoms with Crippen molar-refractivity contribution in [2.45, 2.75) is 56.0 Å². The van der Waals surface area contributed by atoms with Crippen molar-refractivity contribution in [2.75, 3.05) is 0 Å². The van der Waals surface area contributed by atoms with Crippen molar-refractivity contribution in [2.24, 2.45) is 0 Å². The van der Waals surface area contributed by atoms with E-state index >= 15 is 0 Å². The van der Waals surface area contributed by atoms with Gasteiger partial charge in [0.1, 0.15) is 12.2 Å². The molecule has 3 nitrogen and oxygen atoms in total. The zero-order chi connectivity index (χ0) is 16.7. The van der Waals surface area contributed by atoms with Gasteiger partial charge >= 0.3 is 6.18 Å². The Kier molecular flexibility index (Phi) is 4.13. The van der Waals surface area contributed by atoms with Crippen LogP contribution in [-0.2, 0) is 22.1 Å². The Labute approximate surface area is 132 Å². The van der Waals surface area contributed by atoms with Gasteiger partial charge in [0.05, 0.1) is 11.7 Å². The molecule has 2 aliphatic rings. The van der Waals surface area contributed by atoms with Crippen LogP contribution in [0.5, 0.6) is 0 Å². The average Bonchev–Trinajstić information content (AvgIpc) is 2.84. The summed E-state index contributed by atoms with van der Waals surface area (Å²) < 4.78 is 49.3. The third-order valence-corrected chi connectivity index (χ3v) is 4.43. The van der Waals surface area contributed by atoms with E-state index in [1.165, 1.54) is 12.1 Å². The maximum atomic E-state index is 12.6. The topological polar surface area (TPSA) is 38.7 Å². The van der Waals surface area contributed by atoms with Crippen LogP contribution in [0.3, 0.4) is 0 Å². The SMILES string of the molecule is C#C[C@@H]1O[C@]2(CCc3ccc(C(F)(F)F)cc3)CC[C@H](O)[C@@H]1O2. The molecule has 1 N–H and O–H groups in total. The molecule has 0 spiro atoms. The molecule has 0 unspecified atom stereocenters. The number of aliphatic hydroxyl groups is 1. The minimum Gasteiger partial charge on any atom is -0.390 e. The molecule has 124 valence electrons. The van der Waals surface area contributed by atoms with E-state index in [1.807, 2.05) is 0 Å². The Hall–Kier alpha value is -1.55. The Balaban J connectivity index is 1.66. The summed E-state index contributed by atoms with van der Waals surface area (Å²) in [7, 11) is 0. The average molecular weight is 326 g/mol. The maximum absolute atomic E-state index is 12.6. The van der Waals surface area contributed by atoms with Crippen LogP contribution in [-0.4, -0.2) is 29.2 Å². The molecule has 23 heavy (non-hydrogen) atoms. The number of terminal acetylenes is 1. The van der Waals surface area contributed by atoms with Crippen molar-refractivity contribution in [3.8, 4) is 12.3 Å². The molecule has 1 aromatic rings. The first kappa shape index (κ1) is 16.3. The summed E-state index contributed by atoms with van der Waals surface area (Å²) in [5, 5.41) is 9.90. The number of halogens is 3. The van der Waals surface area contributed by atoms with Crippen LogP contribution >= 0.6 is 0 Å². The predicted molar refractivity (Wildman–Crippen MR) is 76.3 cm³/mol. The minimum absolute atomic E-state index is 0.486. The normalized spacial score (nSPS) is 33.4. The smallest absolute Gasteiger partial charge is 0.390 e. The van der Waals surface area contributed by atoms with E-state index in [0.29, 0.717) is 25.7 Å². The molecule has 2 saturated heterocycles. The second kappa shape index (κ2) is 5.82. The first-order valence-electron chi connectivity index (χ1n) is 7.49. The molecule has 2 bridgehead atoms. The lowest BCUT2D eigenvalue weighted by atomic mass is 9.94. The highest BCUT2D eigenvalue weighted by atomic mass is 19.4. The van der Waals surface area contributed by atoms with Gasteiger partial charge in [-0.05, 0) is 30.5 Å². The van der Waals surface area contributed by atoms with Crippen LogP contribution in [0.25, 0.3) is 0 Å². The number of ether oxygens (including phenoxy) is 2. The highest BCUT2D eigenvalue weighted by molar-refractivity contribution is 5.25. The Morgan fingerprint density at radius 2 is 1.96 bits per heavy atom. The second-order valence-electron chi connectivity index (χ2n) is 6.00. The number of rotatable bonds is 3. The van der Waals surface area contributed by atoms with E-state index in [1.54, 1.807) is 0 Å². The lowest BCUT2D eigenvalue weighted by Crippen LogP contribution is -2.41. The molecule has 2 aliphatic heterocycles. The summed E-state index contributed by atoms with van der Waals surface area (Å²) in [5.41, 5.74) is 0.104. The van der Waals surface area contributed by atoms with Crippen molar-refractivity contribution in [3.05, 3.63) is 35.4 Å². The molecule has 4 atom stereocenters. The van der Waals surface area contributed by atoms with E-state index in [2.05, 4.69) is 5.92 Å². The lowest BCUT2D eigenvalue weighted by Gasteiger charge is -2.33. The standard InChI is InChI=1S/C17H17F3O3/c1-2-14-15-13(21)8-10-16(22-14,23-15)9-7-11-3-5-12(6-4-11)17(18,19)20/h1,3-6,13-15,21H,7-10H2/t13-,14-,15-,16-/m0/s1. The van der Waals surface area contributed by atoms with E-state index in [-0.39, 0.29) is 0 Å². The van der Waals surface area contributed by atoms with Crippen molar-refractivity contribution in [1.29, 1.82) is 0 Å². The molecule has 1 aromatic carbocycles. The fourth-order valence-electron chi connectivity index (χ4n) is 3.13. The third kappa shape index (κ3) is 3.23. The van der Waals surface area contributed by atoms with Crippen LogP contribution in [0.15, 0.2) is 24.3 Å². The fraction of sp³-hybridized carbons (Fsp3) is 0.529. The van der Waals surface area contributed by atoms with Gasteiger partial charge in [-0.1, -0.05) is 18.1 Å². The molecule has 0 saturated carbocycles. The van der Waals surface area contributed by atoms with Gasteiger partial charge in [0, 0.05) is 12.8 Å². The Bertz CT molecular complexity index is 605. The molecule has 3 rings (SSSR count). The van der Waals surface area contributed by atoms with E-state index in [0.717, 1.165) is 17.7 Å². The van der Waals surface area contributed by atoms with Crippen LogP contribution in [0.1, 0.15) is 30.4 Å². The van der Waals surface area contributed by atoms with Crippen molar-refractivity contribution in [1.82, 2.24) is 0 Å².